The highest BCUT2D eigenvalue weighted by atomic mass is 79.9. The Labute approximate surface area is 112 Å². The molecule has 1 atom stereocenters. The molecule has 0 saturated carbocycles. The van der Waals surface area contributed by atoms with Crippen molar-refractivity contribution in [2.75, 3.05) is 0 Å². The molecule has 17 heavy (non-hydrogen) atoms. The zero-order valence-corrected chi connectivity index (χ0v) is 11.7. The average Bonchev–Trinajstić information content (AvgIpc) is 2.76. The number of aliphatic hydroxyl groups is 1. The second-order valence-electron chi connectivity index (χ2n) is 3.73. The molecule has 4 heteroatoms. The topological polar surface area (TPSA) is 20.2 Å². The summed E-state index contributed by atoms with van der Waals surface area (Å²) >= 11 is 4.86. The molecule has 0 aliphatic heterocycles. The third-order valence-electron chi connectivity index (χ3n) is 2.56. The number of benzene rings is 1. The highest BCUT2D eigenvalue weighted by Crippen LogP contribution is 2.32. The van der Waals surface area contributed by atoms with Crippen LogP contribution in [-0.4, -0.2) is 5.11 Å². The molecule has 0 radical (unpaired) electrons. The fraction of sp³-hybridized carbons (Fsp3) is 0.231. The summed E-state index contributed by atoms with van der Waals surface area (Å²) in [6.07, 6.45) is 0.261. The van der Waals surface area contributed by atoms with Gasteiger partial charge in [0.05, 0.1) is 0 Å². The second-order valence-corrected chi connectivity index (χ2v) is 5.78. The van der Waals surface area contributed by atoms with E-state index in [1.807, 2.05) is 12.1 Å². The summed E-state index contributed by atoms with van der Waals surface area (Å²) in [5.41, 5.74) is 0.691. The van der Waals surface area contributed by atoms with Crippen LogP contribution in [0.25, 0.3) is 0 Å². The molecule has 1 nitrogen and oxygen atoms in total. The van der Waals surface area contributed by atoms with Crippen LogP contribution in [0.2, 0.25) is 0 Å². The number of aliphatic hydroxyl groups excluding tert-OH is 1. The van der Waals surface area contributed by atoms with Crippen molar-refractivity contribution in [2.24, 2.45) is 0 Å². The molecule has 0 fully saturated rings. The Balaban J connectivity index is 2.33. The van der Waals surface area contributed by atoms with Crippen molar-refractivity contribution >= 4 is 27.3 Å². The van der Waals surface area contributed by atoms with Gasteiger partial charge < -0.3 is 5.11 Å². The lowest BCUT2D eigenvalue weighted by Crippen LogP contribution is -1.98. The molecule has 1 aromatic heterocycles. The first-order valence-electron chi connectivity index (χ1n) is 5.33. The highest BCUT2D eigenvalue weighted by molar-refractivity contribution is 9.10. The van der Waals surface area contributed by atoms with Crippen molar-refractivity contribution in [3.63, 3.8) is 0 Å². The molecule has 1 aromatic carbocycles. The van der Waals surface area contributed by atoms with Gasteiger partial charge in [-0.2, -0.15) is 0 Å². The fourth-order valence-corrected chi connectivity index (χ4v) is 3.13. The molecule has 1 unspecified atom stereocenters. The van der Waals surface area contributed by atoms with Crippen LogP contribution >= 0.6 is 27.3 Å². The maximum atomic E-state index is 13.0. The average molecular weight is 315 g/mol. The minimum Gasteiger partial charge on any atom is -0.383 e. The van der Waals surface area contributed by atoms with E-state index in [1.165, 1.54) is 17.0 Å². The van der Waals surface area contributed by atoms with Gasteiger partial charge in [0.25, 0.3) is 0 Å². The summed E-state index contributed by atoms with van der Waals surface area (Å²) < 4.78 is 13.6. The van der Waals surface area contributed by atoms with E-state index in [4.69, 9.17) is 0 Å². The minimum atomic E-state index is -0.699. The minimum absolute atomic E-state index is 0.312. The van der Waals surface area contributed by atoms with Crippen LogP contribution in [0.15, 0.2) is 34.8 Å². The Hall–Kier alpha value is -0.710. The molecule has 90 valence electrons. The van der Waals surface area contributed by atoms with E-state index < -0.39 is 6.10 Å². The lowest BCUT2D eigenvalue weighted by Gasteiger charge is -2.11. The zero-order valence-electron chi connectivity index (χ0n) is 9.28. The van der Waals surface area contributed by atoms with Crippen molar-refractivity contribution in [3.05, 3.63) is 55.9 Å². The van der Waals surface area contributed by atoms with Crippen LogP contribution in [0.5, 0.6) is 0 Å². The molecule has 2 rings (SSSR count). The number of hydrogen-bond acceptors (Lipinski definition) is 2. The largest absolute Gasteiger partial charge is 0.383 e. The number of halogens is 2. The summed E-state index contributed by atoms with van der Waals surface area (Å²) in [5, 5.41) is 10.2. The molecule has 1 N–H and O–H groups in total. The third-order valence-corrected chi connectivity index (χ3v) is 4.53. The first-order valence-corrected chi connectivity index (χ1v) is 6.94. The van der Waals surface area contributed by atoms with Crippen LogP contribution in [0.1, 0.15) is 28.3 Å². The van der Waals surface area contributed by atoms with Crippen molar-refractivity contribution < 1.29 is 9.50 Å². The normalized spacial score (nSPS) is 12.7. The van der Waals surface area contributed by atoms with Crippen molar-refractivity contribution in [1.82, 2.24) is 0 Å². The molecule has 0 aliphatic carbocycles. The van der Waals surface area contributed by atoms with Gasteiger partial charge in [0.2, 0.25) is 0 Å². The monoisotopic (exact) mass is 314 g/mol. The van der Waals surface area contributed by atoms with E-state index in [2.05, 4.69) is 22.9 Å². The van der Waals surface area contributed by atoms with Crippen molar-refractivity contribution in [1.29, 1.82) is 0 Å². The molecular weight excluding hydrogens is 303 g/mol. The lowest BCUT2D eigenvalue weighted by molar-refractivity contribution is 0.223. The van der Waals surface area contributed by atoms with Gasteiger partial charge in [-0.1, -0.05) is 28.9 Å². The summed E-state index contributed by atoms with van der Waals surface area (Å²) in [6.45, 7) is 2.08. The number of thiophene rings is 1. The highest BCUT2D eigenvalue weighted by Gasteiger charge is 2.15. The van der Waals surface area contributed by atoms with E-state index in [-0.39, 0.29) is 5.82 Å². The van der Waals surface area contributed by atoms with E-state index >= 15 is 0 Å². The van der Waals surface area contributed by atoms with Crippen LogP contribution in [0.3, 0.4) is 0 Å². The van der Waals surface area contributed by atoms with Gasteiger partial charge in [0.1, 0.15) is 11.9 Å². The predicted molar refractivity (Wildman–Crippen MR) is 71.9 cm³/mol. The van der Waals surface area contributed by atoms with Gasteiger partial charge >= 0.3 is 0 Å². The van der Waals surface area contributed by atoms with Crippen molar-refractivity contribution in [2.45, 2.75) is 19.4 Å². The molecule has 0 amide bonds. The maximum Gasteiger partial charge on any atom is 0.124 e. The second kappa shape index (κ2) is 5.29. The standard InChI is InChI=1S/C13H12BrFOS/c1-2-9-4-6-12(17-9)13(16)10-5-3-8(15)7-11(10)14/h3-7,13,16H,2H2,1H3. The van der Waals surface area contributed by atoms with Gasteiger partial charge in [0.15, 0.2) is 0 Å². The molecule has 2 aromatic rings. The molecule has 0 saturated heterocycles. The summed E-state index contributed by atoms with van der Waals surface area (Å²) in [6, 6.07) is 8.27. The maximum absolute atomic E-state index is 13.0. The predicted octanol–water partition coefficient (Wildman–Crippen LogP) is 4.29. The Morgan fingerprint density at radius 2 is 2.12 bits per heavy atom. The molecule has 0 spiro atoms. The van der Waals surface area contributed by atoms with Crippen LogP contribution in [0, 0.1) is 5.82 Å². The molecule has 0 bridgehead atoms. The first kappa shape index (κ1) is 12.7. The summed E-state index contributed by atoms with van der Waals surface area (Å²) in [5.74, 6) is -0.312. The number of aryl methyl sites for hydroxylation is 1. The number of hydrogen-bond donors (Lipinski definition) is 1. The van der Waals surface area contributed by atoms with Gasteiger partial charge in [-0.05, 0) is 30.7 Å². The van der Waals surface area contributed by atoms with E-state index in [0.29, 0.717) is 10.0 Å². The Morgan fingerprint density at radius 3 is 2.71 bits per heavy atom. The third kappa shape index (κ3) is 2.76. The smallest absolute Gasteiger partial charge is 0.124 e. The van der Waals surface area contributed by atoms with Crippen LogP contribution < -0.4 is 0 Å². The van der Waals surface area contributed by atoms with Gasteiger partial charge in [0, 0.05) is 19.8 Å². The Kier molecular flexibility index (Phi) is 3.97. The Bertz CT molecular complexity index is 524. The summed E-state index contributed by atoms with van der Waals surface area (Å²) in [7, 11) is 0. The van der Waals surface area contributed by atoms with Crippen LogP contribution in [0.4, 0.5) is 4.39 Å². The molecule has 0 aliphatic rings. The molecular formula is C13H12BrFOS. The zero-order chi connectivity index (χ0) is 12.4. The summed E-state index contributed by atoms with van der Waals surface area (Å²) in [4.78, 5) is 2.12. The van der Waals surface area contributed by atoms with Crippen molar-refractivity contribution in [3.8, 4) is 0 Å². The SMILES string of the molecule is CCc1ccc(C(O)c2ccc(F)cc2Br)s1. The fourth-order valence-electron chi connectivity index (χ4n) is 1.61. The van der Waals surface area contributed by atoms with Gasteiger partial charge in [-0.3, -0.25) is 0 Å². The Morgan fingerprint density at radius 1 is 1.35 bits per heavy atom. The van der Waals surface area contributed by atoms with E-state index in [0.717, 1.165) is 11.3 Å². The quantitative estimate of drug-likeness (QED) is 0.895. The van der Waals surface area contributed by atoms with E-state index in [9.17, 15) is 9.50 Å². The van der Waals surface area contributed by atoms with Gasteiger partial charge in [-0.25, -0.2) is 4.39 Å². The van der Waals surface area contributed by atoms with E-state index in [1.54, 1.807) is 17.4 Å². The van der Waals surface area contributed by atoms with Crippen LogP contribution in [-0.2, 0) is 6.42 Å². The molecule has 1 heterocycles. The lowest BCUT2D eigenvalue weighted by atomic mass is 10.1. The number of rotatable bonds is 3. The van der Waals surface area contributed by atoms with Gasteiger partial charge in [-0.15, -0.1) is 11.3 Å². The first-order chi connectivity index (χ1) is 8.11.